The maximum absolute atomic E-state index is 11.6. The van der Waals surface area contributed by atoms with Gasteiger partial charge in [-0.3, -0.25) is 4.98 Å². The zero-order chi connectivity index (χ0) is 18.6. The monoisotopic (exact) mass is 363 g/mol. The second-order valence-electron chi connectivity index (χ2n) is 5.96. The number of ether oxygens (including phenoxy) is 1. The number of benzene rings is 1. The second-order valence-corrected chi connectivity index (χ2v) is 5.96. The van der Waals surface area contributed by atoms with Gasteiger partial charge in [0.25, 0.3) is 5.89 Å². The molecule has 0 N–H and O–H groups in total. The molecule has 3 heterocycles. The van der Waals surface area contributed by atoms with Crippen molar-refractivity contribution in [3.63, 3.8) is 0 Å². The third kappa shape index (κ3) is 3.55. The Bertz CT molecular complexity index is 984. The van der Waals surface area contributed by atoms with E-state index < -0.39 is 0 Å². The minimum Gasteiger partial charge on any atom is -0.453 e. The van der Waals surface area contributed by atoms with Gasteiger partial charge in [0.2, 0.25) is 5.89 Å². The lowest BCUT2D eigenvalue weighted by atomic mass is 10.1. The molecule has 8 nitrogen and oxygen atoms in total. The summed E-state index contributed by atoms with van der Waals surface area (Å²) in [5.41, 5.74) is 3.11. The van der Waals surface area contributed by atoms with Gasteiger partial charge in [-0.2, -0.15) is 0 Å². The molecule has 0 saturated heterocycles. The highest BCUT2D eigenvalue weighted by Crippen LogP contribution is 2.25. The van der Waals surface area contributed by atoms with Crippen LogP contribution in [0.5, 0.6) is 0 Å². The van der Waals surface area contributed by atoms with E-state index in [1.807, 2.05) is 36.4 Å². The number of amides is 1. The van der Waals surface area contributed by atoms with Crippen LogP contribution in [0.3, 0.4) is 0 Å². The first-order valence-electron chi connectivity index (χ1n) is 8.48. The molecule has 0 radical (unpaired) electrons. The van der Waals surface area contributed by atoms with E-state index in [9.17, 15) is 4.79 Å². The first kappa shape index (κ1) is 16.9. The number of hydrogen-bond acceptors (Lipinski definition) is 7. The van der Waals surface area contributed by atoms with Crippen LogP contribution in [0.15, 0.2) is 53.2 Å². The van der Waals surface area contributed by atoms with E-state index in [4.69, 9.17) is 9.15 Å². The number of carbonyl (C=O) groups excluding carboxylic acids is 1. The molecule has 136 valence electrons. The Morgan fingerprint density at radius 3 is 2.63 bits per heavy atom. The summed E-state index contributed by atoms with van der Waals surface area (Å²) in [6.45, 7) is 1.05. The van der Waals surface area contributed by atoms with E-state index in [-0.39, 0.29) is 6.09 Å². The second kappa shape index (κ2) is 7.36. The zero-order valence-corrected chi connectivity index (χ0v) is 14.7. The Labute approximate surface area is 155 Å². The first-order chi connectivity index (χ1) is 13.2. The largest absolute Gasteiger partial charge is 0.453 e. The molecular weight excluding hydrogens is 346 g/mol. The van der Waals surface area contributed by atoms with Crippen LogP contribution in [0.2, 0.25) is 0 Å². The van der Waals surface area contributed by atoms with Crippen molar-refractivity contribution >= 4 is 11.7 Å². The average molecular weight is 363 g/mol. The summed E-state index contributed by atoms with van der Waals surface area (Å²) in [6.07, 6.45) is 5.58. The zero-order valence-electron chi connectivity index (χ0n) is 14.7. The van der Waals surface area contributed by atoms with Crippen LogP contribution < -0.4 is 0 Å². The Morgan fingerprint density at radius 1 is 1.11 bits per heavy atom. The van der Waals surface area contributed by atoms with Gasteiger partial charge in [-0.25, -0.2) is 9.78 Å². The van der Waals surface area contributed by atoms with E-state index in [1.165, 1.54) is 7.11 Å². The van der Waals surface area contributed by atoms with Gasteiger partial charge in [0.05, 0.1) is 25.2 Å². The molecule has 1 aliphatic heterocycles. The molecule has 0 bridgehead atoms. The molecule has 8 heteroatoms. The Hall–Kier alpha value is -3.55. The highest BCUT2D eigenvalue weighted by molar-refractivity contribution is 5.71. The molecule has 0 aliphatic carbocycles. The fourth-order valence-electron chi connectivity index (χ4n) is 2.84. The highest BCUT2D eigenvalue weighted by atomic mass is 16.5. The van der Waals surface area contributed by atoms with Gasteiger partial charge < -0.3 is 14.1 Å². The van der Waals surface area contributed by atoms with Crippen LogP contribution in [0, 0.1) is 0 Å². The molecule has 2 aromatic heterocycles. The van der Waals surface area contributed by atoms with E-state index in [1.54, 1.807) is 17.3 Å². The SMILES string of the molecule is COC(=O)N1CC=C(c2cncc(-c3nnc(-c4ccccc4)o3)n2)CC1. The molecular formula is C19H17N5O3. The molecule has 1 aliphatic rings. The van der Waals surface area contributed by atoms with Crippen molar-refractivity contribution in [2.75, 3.05) is 20.2 Å². The summed E-state index contributed by atoms with van der Waals surface area (Å²) < 4.78 is 10.5. The lowest BCUT2D eigenvalue weighted by molar-refractivity contribution is 0.128. The average Bonchev–Trinajstić information content (AvgIpc) is 3.24. The lowest BCUT2D eigenvalue weighted by Crippen LogP contribution is -2.34. The van der Waals surface area contributed by atoms with E-state index in [0.29, 0.717) is 37.0 Å². The third-order valence-electron chi connectivity index (χ3n) is 4.27. The van der Waals surface area contributed by atoms with Gasteiger partial charge in [0.15, 0.2) is 0 Å². The molecule has 0 atom stereocenters. The van der Waals surface area contributed by atoms with Crippen LogP contribution in [-0.4, -0.2) is 51.4 Å². The minimum atomic E-state index is -0.329. The fraction of sp³-hybridized carbons (Fsp3) is 0.211. The summed E-state index contributed by atoms with van der Waals surface area (Å²) in [5, 5.41) is 8.17. The molecule has 27 heavy (non-hydrogen) atoms. The quantitative estimate of drug-likeness (QED) is 0.706. The van der Waals surface area contributed by atoms with Crippen molar-refractivity contribution in [1.29, 1.82) is 0 Å². The van der Waals surface area contributed by atoms with Crippen molar-refractivity contribution in [1.82, 2.24) is 25.1 Å². The predicted molar refractivity (Wildman–Crippen MR) is 97.3 cm³/mol. The Balaban J connectivity index is 1.56. The van der Waals surface area contributed by atoms with Crippen molar-refractivity contribution in [2.24, 2.45) is 0 Å². The number of aromatic nitrogens is 4. The third-order valence-corrected chi connectivity index (χ3v) is 4.27. The number of methoxy groups -OCH3 is 1. The summed E-state index contributed by atoms with van der Waals surface area (Å²) >= 11 is 0. The van der Waals surface area contributed by atoms with Gasteiger partial charge in [0, 0.05) is 18.7 Å². The molecule has 4 rings (SSSR count). The Kier molecular flexibility index (Phi) is 4.61. The smallest absolute Gasteiger partial charge is 0.409 e. The lowest BCUT2D eigenvalue weighted by Gasteiger charge is -2.24. The highest BCUT2D eigenvalue weighted by Gasteiger charge is 2.20. The standard InChI is InChI=1S/C19H17N5O3/c1-26-19(25)24-9-7-13(8-10-24)15-11-20-12-16(21-15)18-23-22-17(27-18)14-5-3-2-4-6-14/h2-7,11-12H,8-10H2,1H3. The molecule has 0 fully saturated rings. The van der Waals surface area contributed by atoms with Gasteiger partial charge >= 0.3 is 6.09 Å². The first-order valence-corrected chi connectivity index (χ1v) is 8.48. The van der Waals surface area contributed by atoms with Gasteiger partial charge in [-0.05, 0) is 24.1 Å². The van der Waals surface area contributed by atoms with Crippen LogP contribution in [-0.2, 0) is 4.74 Å². The number of carbonyl (C=O) groups is 1. The van der Waals surface area contributed by atoms with E-state index >= 15 is 0 Å². The maximum atomic E-state index is 11.6. The summed E-state index contributed by atoms with van der Waals surface area (Å²) in [4.78, 5) is 22.1. The van der Waals surface area contributed by atoms with Gasteiger partial charge in [-0.15, -0.1) is 10.2 Å². The summed E-state index contributed by atoms with van der Waals surface area (Å²) in [7, 11) is 1.38. The molecule has 0 spiro atoms. The number of rotatable bonds is 3. The van der Waals surface area contributed by atoms with Crippen molar-refractivity contribution in [2.45, 2.75) is 6.42 Å². The number of nitrogens with zero attached hydrogens (tertiary/aromatic N) is 5. The Morgan fingerprint density at radius 2 is 1.89 bits per heavy atom. The van der Waals surface area contributed by atoms with Crippen LogP contribution in [0.4, 0.5) is 4.79 Å². The van der Waals surface area contributed by atoms with E-state index in [2.05, 4.69) is 20.2 Å². The minimum absolute atomic E-state index is 0.316. The molecule has 1 aromatic carbocycles. The van der Waals surface area contributed by atoms with Crippen LogP contribution in [0.25, 0.3) is 28.6 Å². The van der Waals surface area contributed by atoms with E-state index in [0.717, 1.165) is 16.8 Å². The predicted octanol–water partition coefficient (Wildman–Crippen LogP) is 3.05. The molecule has 3 aromatic rings. The topological polar surface area (TPSA) is 94.2 Å². The van der Waals surface area contributed by atoms with Crippen molar-refractivity contribution in [3.8, 4) is 23.0 Å². The fourth-order valence-corrected chi connectivity index (χ4v) is 2.84. The van der Waals surface area contributed by atoms with Crippen LogP contribution in [0.1, 0.15) is 12.1 Å². The van der Waals surface area contributed by atoms with Gasteiger partial charge in [0.1, 0.15) is 5.69 Å². The van der Waals surface area contributed by atoms with Crippen molar-refractivity contribution in [3.05, 3.63) is 54.5 Å². The van der Waals surface area contributed by atoms with Crippen molar-refractivity contribution < 1.29 is 13.9 Å². The molecule has 0 unspecified atom stereocenters. The summed E-state index contributed by atoms with van der Waals surface area (Å²) in [6, 6.07) is 9.55. The molecule has 0 saturated carbocycles. The molecule has 1 amide bonds. The number of hydrogen-bond donors (Lipinski definition) is 0. The van der Waals surface area contributed by atoms with Crippen LogP contribution >= 0.6 is 0 Å². The normalized spacial score (nSPS) is 14.0. The van der Waals surface area contributed by atoms with Gasteiger partial charge in [-0.1, -0.05) is 24.3 Å². The maximum Gasteiger partial charge on any atom is 0.409 e. The summed E-state index contributed by atoms with van der Waals surface area (Å²) in [5.74, 6) is 0.749.